The molecule has 3 heteroatoms. The number of hydrogen-bond donors (Lipinski definition) is 1. The van der Waals surface area contributed by atoms with Crippen LogP contribution in [0.5, 0.6) is 0 Å². The minimum absolute atomic E-state index is 0.451. The summed E-state index contributed by atoms with van der Waals surface area (Å²) in [4.78, 5) is 5.31. The van der Waals surface area contributed by atoms with Crippen molar-refractivity contribution in [2.24, 2.45) is 0 Å². The van der Waals surface area contributed by atoms with E-state index in [1.54, 1.807) is 24.9 Å². The second kappa shape index (κ2) is 5.14. The Morgan fingerprint density at radius 1 is 1.12 bits per heavy atom. The number of hydrogen-bond acceptors (Lipinski definition) is 3. The summed E-state index contributed by atoms with van der Waals surface area (Å²) >= 11 is 1.57. The van der Waals surface area contributed by atoms with Gasteiger partial charge in [-0.2, -0.15) is 0 Å². The Balaban J connectivity index is 2.28. The Hall–Kier alpha value is -1.32. The van der Waals surface area contributed by atoms with Crippen LogP contribution in [0.15, 0.2) is 58.6 Å². The number of aliphatic hydroxyl groups is 1. The highest BCUT2D eigenvalue weighted by Crippen LogP contribution is 2.31. The number of aliphatic hydroxyl groups excluding tert-OH is 1. The van der Waals surface area contributed by atoms with Crippen molar-refractivity contribution >= 4 is 11.8 Å². The summed E-state index contributed by atoms with van der Waals surface area (Å²) in [6.07, 6.45) is 1.32. The van der Waals surface area contributed by atoms with Crippen LogP contribution in [0.4, 0.5) is 0 Å². The molecule has 0 saturated carbocycles. The standard InChI is InChI=1S/C13H13NOS/c1-10(15)11-6-2-3-7-12(11)16-13-8-4-5-9-14-13/h2-10,15H,1H3. The molecule has 0 radical (unpaired) electrons. The lowest BCUT2D eigenvalue weighted by Gasteiger charge is -2.10. The van der Waals surface area contributed by atoms with Gasteiger partial charge < -0.3 is 5.11 Å². The number of aromatic nitrogens is 1. The second-order valence-corrected chi connectivity index (χ2v) is 4.55. The van der Waals surface area contributed by atoms with E-state index >= 15 is 0 Å². The van der Waals surface area contributed by atoms with Crippen molar-refractivity contribution in [1.29, 1.82) is 0 Å². The van der Waals surface area contributed by atoms with E-state index in [2.05, 4.69) is 4.98 Å². The molecule has 0 amide bonds. The fourth-order valence-electron chi connectivity index (χ4n) is 1.44. The lowest BCUT2D eigenvalue weighted by atomic mass is 10.1. The first kappa shape index (κ1) is 11.2. The molecule has 1 heterocycles. The number of benzene rings is 1. The molecule has 2 aromatic rings. The molecule has 1 aromatic heterocycles. The Morgan fingerprint density at radius 2 is 1.88 bits per heavy atom. The first-order valence-corrected chi connectivity index (χ1v) is 5.95. The quantitative estimate of drug-likeness (QED) is 0.880. The molecular weight excluding hydrogens is 218 g/mol. The van der Waals surface area contributed by atoms with Crippen molar-refractivity contribution < 1.29 is 5.11 Å². The van der Waals surface area contributed by atoms with Gasteiger partial charge in [0.05, 0.1) is 6.10 Å². The van der Waals surface area contributed by atoms with Crippen LogP contribution in [0.1, 0.15) is 18.6 Å². The molecule has 2 nitrogen and oxygen atoms in total. The number of rotatable bonds is 3. The summed E-state index contributed by atoms with van der Waals surface area (Å²) < 4.78 is 0. The van der Waals surface area contributed by atoms with Crippen LogP contribution < -0.4 is 0 Å². The molecule has 1 atom stereocenters. The van der Waals surface area contributed by atoms with Gasteiger partial charge in [-0.05, 0) is 30.7 Å². The van der Waals surface area contributed by atoms with Gasteiger partial charge in [-0.15, -0.1) is 0 Å². The van der Waals surface area contributed by atoms with Crippen molar-refractivity contribution in [3.05, 3.63) is 54.2 Å². The zero-order valence-corrected chi connectivity index (χ0v) is 9.82. The van der Waals surface area contributed by atoms with Gasteiger partial charge in [0.15, 0.2) is 0 Å². The Bertz CT molecular complexity index is 456. The normalized spacial score (nSPS) is 12.4. The summed E-state index contributed by atoms with van der Waals surface area (Å²) in [6, 6.07) is 13.7. The van der Waals surface area contributed by atoms with E-state index in [4.69, 9.17) is 0 Å². The van der Waals surface area contributed by atoms with Gasteiger partial charge in [-0.3, -0.25) is 0 Å². The molecule has 0 spiro atoms. The van der Waals surface area contributed by atoms with Crippen LogP contribution in [0.3, 0.4) is 0 Å². The number of pyridine rings is 1. The van der Waals surface area contributed by atoms with E-state index in [-0.39, 0.29) is 0 Å². The van der Waals surface area contributed by atoms with E-state index in [1.165, 1.54) is 0 Å². The van der Waals surface area contributed by atoms with Gasteiger partial charge in [0.1, 0.15) is 5.03 Å². The predicted molar refractivity (Wildman–Crippen MR) is 65.4 cm³/mol. The van der Waals surface area contributed by atoms with Crippen molar-refractivity contribution in [1.82, 2.24) is 4.98 Å². The van der Waals surface area contributed by atoms with Crippen LogP contribution in [0.2, 0.25) is 0 Å². The highest BCUT2D eigenvalue weighted by atomic mass is 32.2. The predicted octanol–water partition coefficient (Wildman–Crippen LogP) is 3.29. The van der Waals surface area contributed by atoms with E-state index in [0.29, 0.717) is 0 Å². The summed E-state index contributed by atoms with van der Waals surface area (Å²) in [5.41, 5.74) is 0.943. The van der Waals surface area contributed by atoms with Crippen molar-refractivity contribution in [2.75, 3.05) is 0 Å². The first-order chi connectivity index (χ1) is 7.77. The lowest BCUT2D eigenvalue weighted by molar-refractivity contribution is 0.196. The first-order valence-electron chi connectivity index (χ1n) is 5.13. The smallest absolute Gasteiger partial charge is 0.101 e. The average molecular weight is 231 g/mol. The van der Waals surface area contributed by atoms with Gasteiger partial charge in [0.2, 0.25) is 0 Å². The van der Waals surface area contributed by atoms with Gasteiger partial charge in [0, 0.05) is 11.1 Å². The molecule has 0 aliphatic heterocycles. The van der Waals surface area contributed by atoms with Crippen LogP contribution in [-0.4, -0.2) is 10.1 Å². The summed E-state index contributed by atoms with van der Waals surface area (Å²) in [5.74, 6) is 0. The molecule has 16 heavy (non-hydrogen) atoms. The Kier molecular flexibility index (Phi) is 3.59. The fourth-order valence-corrected chi connectivity index (χ4v) is 2.43. The van der Waals surface area contributed by atoms with Crippen LogP contribution in [-0.2, 0) is 0 Å². The van der Waals surface area contributed by atoms with Gasteiger partial charge in [-0.1, -0.05) is 36.0 Å². The zero-order chi connectivity index (χ0) is 11.4. The van der Waals surface area contributed by atoms with Gasteiger partial charge in [-0.25, -0.2) is 4.98 Å². The molecule has 0 fully saturated rings. The molecule has 82 valence electrons. The maximum Gasteiger partial charge on any atom is 0.101 e. The Morgan fingerprint density at radius 3 is 2.56 bits per heavy atom. The number of nitrogens with zero attached hydrogens (tertiary/aromatic N) is 1. The molecule has 0 bridgehead atoms. The third-order valence-corrected chi connectivity index (χ3v) is 3.26. The third kappa shape index (κ3) is 2.62. The molecule has 0 aliphatic rings. The lowest BCUT2D eigenvalue weighted by Crippen LogP contribution is -1.93. The zero-order valence-electron chi connectivity index (χ0n) is 9.00. The monoisotopic (exact) mass is 231 g/mol. The van der Waals surface area contributed by atoms with E-state index in [9.17, 15) is 5.11 Å². The molecule has 0 aliphatic carbocycles. The van der Waals surface area contributed by atoms with Crippen LogP contribution >= 0.6 is 11.8 Å². The summed E-state index contributed by atoms with van der Waals surface area (Å²) in [5, 5.41) is 10.6. The minimum atomic E-state index is -0.451. The highest BCUT2D eigenvalue weighted by Gasteiger charge is 2.08. The Labute approximate surface area is 99.4 Å². The highest BCUT2D eigenvalue weighted by molar-refractivity contribution is 7.99. The van der Waals surface area contributed by atoms with E-state index < -0.39 is 6.10 Å². The molecular formula is C13H13NOS. The molecule has 1 aromatic carbocycles. The second-order valence-electron chi connectivity index (χ2n) is 3.48. The maximum absolute atomic E-state index is 9.65. The molecule has 2 rings (SSSR count). The van der Waals surface area contributed by atoms with Crippen LogP contribution in [0, 0.1) is 0 Å². The van der Waals surface area contributed by atoms with E-state index in [0.717, 1.165) is 15.5 Å². The third-order valence-electron chi connectivity index (χ3n) is 2.22. The fraction of sp³-hybridized carbons (Fsp3) is 0.154. The SMILES string of the molecule is CC(O)c1ccccc1Sc1ccccn1. The summed E-state index contributed by atoms with van der Waals surface area (Å²) in [6.45, 7) is 1.78. The van der Waals surface area contributed by atoms with Crippen LogP contribution in [0.25, 0.3) is 0 Å². The average Bonchev–Trinajstić information content (AvgIpc) is 2.31. The largest absolute Gasteiger partial charge is 0.389 e. The molecule has 1 unspecified atom stereocenters. The van der Waals surface area contributed by atoms with Crippen molar-refractivity contribution in [2.45, 2.75) is 22.9 Å². The van der Waals surface area contributed by atoms with Gasteiger partial charge >= 0.3 is 0 Å². The molecule has 1 N–H and O–H groups in total. The van der Waals surface area contributed by atoms with E-state index in [1.807, 2.05) is 42.5 Å². The minimum Gasteiger partial charge on any atom is -0.389 e. The molecule has 0 saturated heterocycles. The van der Waals surface area contributed by atoms with Crippen molar-refractivity contribution in [3.8, 4) is 0 Å². The van der Waals surface area contributed by atoms with Gasteiger partial charge in [0.25, 0.3) is 0 Å². The topological polar surface area (TPSA) is 33.1 Å². The van der Waals surface area contributed by atoms with Crippen molar-refractivity contribution in [3.63, 3.8) is 0 Å². The summed E-state index contributed by atoms with van der Waals surface area (Å²) in [7, 11) is 0. The maximum atomic E-state index is 9.65.